The van der Waals surface area contributed by atoms with Gasteiger partial charge in [-0.3, -0.25) is 19.2 Å². The van der Waals surface area contributed by atoms with E-state index in [1.807, 2.05) is 0 Å². The van der Waals surface area contributed by atoms with Crippen LogP contribution in [0.3, 0.4) is 0 Å². The third-order valence-electron chi connectivity index (χ3n) is 12.5. The van der Waals surface area contributed by atoms with E-state index >= 15 is 0 Å². The summed E-state index contributed by atoms with van der Waals surface area (Å²) in [7, 11) is 0. The summed E-state index contributed by atoms with van der Waals surface area (Å²) < 4.78 is 24.3. The Morgan fingerprint density at radius 1 is 0.397 bits per heavy atom. The first kappa shape index (κ1) is 53.2. The number of carbonyl (C=O) groups excluding carboxylic acids is 4. The van der Waals surface area contributed by atoms with E-state index in [-0.39, 0.29) is 81.6 Å². The van der Waals surface area contributed by atoms with E-state index in [1.165, 1.54) is 0 Å². The van der Waals surface area contributed by atoms with Gasteiger partial charge >= 0.3 is 23.9 Å². The number of hydrogen-bond acceptors (Lipinski definition) is 15. The fourth-order valence-electron chi connectivity index (χ4n) is 11.8. The van der Waals surface area contributed by atoms with Gasteiger partial charge < -0.3 is 56.2 Å². The van der Waals surface area contributed by atoms with E-state index in [0.717, 1.165) is 0 Å². The molecule has 0 aromatic rings. The van der Waals surface area contributed by atoms with Gasteiger partial charge in [0.05, 0.1) is 12.8 Å². The number of esters is 4. The van der Waals surface area contributed by atoms with Crippen LogP contribution < -0.4 is 37.2 Å². The van der Waals surface area contributed by atoms with Gasteiger partial charge in [0.1, 0.15) is 36.5 Å². The van der Waals surface area contributed by atoms with E-state index in [0.29, 0.717) is 77.5 Å². The zero-order chi connectivity index (χ0) is 47.5. The molecule has 4 aliphatic heterocycles. The Bertz CT molecular complexity index is 1410. The lowest BCUT2D eigenvalue weighted by molar-refractivity contribution is -0.162. The maximum atomic E-state index is 13.8. The Balaban J connectivity index is 1.35. The molecule has 0 bridgehead atoms. The smallest absolute Gasteiger partial charge is 0.324 e. The van der Waals surface area contributed by atoms with Crippen molar-refractivity contribution in [3.63, 3.8) is 0 Å². The van der Waals surface area contributed by atoms with E-state index < -0.39 is 36.0 Å². The zero-order valence-electron chi connectivity index (χ0n) is 42.1. The van der Waals surface area contributed by atoms with Gasteiger partial charge in [0.15, 0.2) is 0 Å². The van der Waals surface area contributed by atoms with Gasteiger partial charge in [-0.1, -0.05) is 0 Å². The highest BCUT2D eigenvalue weighted by Crippen LogP contribution is 2.34. The van der Waals surface area contributed by atoms with Crippen molar-refractivity contribution in [3.8, 4) is 0 Å². The van der Waals surface area contributed by atoms with Gasteiger partial charge in [0, 0.05) is 122 Å². The molecule has 4 fully saturated rings. The molecule has 15 heteroatoms. The normalized spacial score (nSPS) is 26.2. The minimum absolute atomic E-state index is 0.152. The van der Waals surface area contributed by atoms with E-state index in [4.69, 9.17) is 18.9 Å². The largest absolute Gasteiger partial charge is 0.462 e. The van der Waals surface area contributed by atoms with Gasteiger partial charge in [-0.25, -0.2) is 0 Å². The number of hydrogen-bond donors (Lipinski definition) is 7. The summed E-state index contributed by atoms with van der Waals surface area (Å²) in [5.41, 5.74) is -1.70. The third kappa shape index (κ3) is 18.4. The van der Waals surface area contributed by atoms with Crippen LogP contribution in [0, 0.1) is 0 Å². The second kappa shape index (κ2) is 20.2. The predicted molar refractivity (Wildman–Crippen MR) is 247 cm³/mol. The van der Waals surface area contributed by atoms with Crippen molar-refractivity contribution >= 4 is 23.9 Å². The molecule has 0 radical (unpaired) electrons. The second-order valence-corrected chi connectivity index (χ2v) is 24.7. The Labute approximate surface area is 380 Å². The molecule has 0 aromatic heterocycles. The summed E-state index contributed by atoms with van der Waals surface area (Å²) in [6, 6.07) is -1.79. The molecular weight excluding hydrogens is 803 g/mol. The molecule has 4 aliphatic rings. The molecule has 4 saturated heterocycles. The molecule has 0 amide bonds. The van der Waals surface area contributed by atoms with Crippen LogP contribution in [0.4, 0.5) is 0 Å². The van der Waals surface area contributed by atoms with E-state index in [1.54, 1.807) is 0 Å². The van der Waals surface area contributed by atoms with E-state index in [2.05, 4.69) is 148 Å². The minimum atomic E-state index is -0.896. The summed E-state index contributed by atoms with van der Waals surface area (Å²) >= 11 is 0. The lowest BCUT2D eigenvalue weighted by Gasteiger charge is -2.46. The molecule has 15 nitrogen and oxygen atoms in total. The van der Waals surface area contributed by atoms with Crippen LogP contribution in [0.25, 0.3) is 0 Å². The summed E-state index contributed by atoms with van der Waals surface area (Å²) in [6.45, 7) is 35.3. The molecule has 0 saturated carbocycles. The zero-order valence-corrected chi connectivity index (χ0v) is 42.1. The molecule has 4 rings (SSSR count). The van der Waals surface area contributed by atoms with Crippen molar-refractivity contribution in [2.75, 3.05) is 26.2 Å². The number of carbonyl (C=O) groups is 4. The average Bonchev–Trinajstić information content (AvgIpc) is 3.00. The monoisotopic (exact) mass is 892 g/mol. The van der Waals surface area contributed by atoms with Crippen LogP contribution in [0.5, 0.6) is 0 Å². The molecule has 7 N–H and O–H groups in total. The van der Waals surface area contributed by atoms with E-state index in [9.17, 15) is 19.2 Å². The van der Waals surface area contributed by atoms with Crippen molar-refractivity contribution < 1.29 is 38.1 Å². The summed E-state index contributed by atoms with van der Waals surface area (Å²) in [4.78, 5) is 54.6. The molecule has 0 aliphatic carbocycles. The number of nitrogens with one attached hydrogen (secondary N) is 7. The summed E-state index contributed by atoms with van der Waals surface area (Å²) in [6.07, 6.45) is 3.85. The molecule has 0 aromatic carbocycles. The fourth-order valence-corrected chi connectivity index (χ4v) is 11.8. The molecule has 0 spiro atoms. The van der Waals surface area contributed by atoms with Crippen LogP contribution >= 0.6 is 0 Å². The Hall–Kier alpha value is -2.40. The van der Waals surface area contributed by atoms with Gasteiger partial charge in [-0.2, -0.15) is 0 Å². The average molecular weight is 892 g/mol. The standard InChI is InChI=1S/C48H89N7O8/c1-41(2)23-31(24-42(3,4)52-41)60-37(56)21-35(39(58)62-33-27-45(9,10)54-46(11,12)28-33)50-19-17-49-18-20-51-36(40(59)63-34-29-47(13,14)55-48(15,16)30-34)22-38(57)61-32-25-43(5,6)53-44(7,8)26-32/h31-36,49-55H,17-30H2,1-16H3. The van der Waals surface area contributed by atoms with Crippen molar-refractivity contribution in [2.24, 2.45) is 0 Å². The quantitative estimate of drug-likeness (QED) is 0.0571. The molecule has 63 heavy (non-hydrogen) atoms. The topological polar surface area (TPSA) is 189 Å². The highest BCUT2D eigenvalue weighted by Gasteiger charge is 2.44. The van der Waals surface area contributed by atoms with Crippen LogP contribution in [0.1, 0.15) is 175 Å². The van der Waals surface area contributed by atoms with Crippen LogP contribution in [-0.2, 0) is 38.1 Å². The van der Waals surface area contributed by atoms with Crippen molar-refractivity contribution in [1.82, 2.24) is 37.2 Å². The van der Waals surface area contributed by atoms with Crippen molar-refractivity contribution in [1.29, 1.82) is 0 Å². The third-order valence-corrected chi connectivity index (χ3v) is 12.5. The first-order valence-corrected chi connectivity index (χ1v) is 23.8. The first-order chi connectivity index (χ1) is 28.6. The van der Waals surface area contributed by atoms with Gasteiger partial charge in [-0.05, 0) is 111 Å². The number of piperidine rings is 4. The van der Waals surface area contributed by atoms with Crippen LogP contribution in [0.2, 0.25) is 0 Å². The van der Waals surface area contributed by atoms with Crippen LogP contribution in [0.15, 0.2) is 0 Å². The molecule has 364 valence electrons. The molecule has 2 atom stereocenters. The highest BCUT2D eigenvalue weighted by atomic mass is 16.6. The predicted octanol–water partition coefficient (Wildman–Crippen LogP) is 4.68. The van der Waals surface area contributed by atoms with Crippen LogP contribution in [-0.4, -0.2) is 131 Å². The van der Waals surface area contributed by atoms with Crippen molar-refractivity contribution in [3.05, 3.63) is 0 Å². The summed E-state index contributed by atoms with van der Waals surface area (Å²) in [5.74, 6) is -1.81. The summed E-state index contributed by atoms with van der Waals surface area (Å²) in [5, 5.41) is 24.4. The molecule has 2 unspecified atom stereocenters. The Morgan fingerprint density at radius 3 is 0.857 bits per heavy atom. The van der Waals surface area contributed by atoms with Gasteiger partial charge in [0.2, 0.25) is 0 Å². The minimum Gasteiger partial charge on any atom is -0.462 e. The van der Waals surface area contributed by atoms with Gasteiger partial charge in [0.25, 0.3) is 0 Å². The Kier molecular flexibility index (Phi) is 17.1. The highest BCUT2D eigenvalue weighted by molar-refractivity contribution is 5.83. The van der Waals surface area contributed by atoms with Crippen molar-refractivity contribution in [2.45, 2.75) is 256 Å². The lowest BCUT2D eigenvalue weighted by atomic mass is 9.81. The van der Waals surface area contributed by atoms with Gasteiger partial charge in [-0.15, -0.1) is 0 Å². The number of rotatable bonds is 18. The SMILES string of the molecule is CC1(C)CC(OC(=O)CC(NCCNCCNC(CC(=O)OC2CC(C)(C)NC(C)(C)C2)C(=O)OC2CC(C)(C)NC(C)(C)C2)C(=O)OC2CC(C)(C)NC(C)(C)C2)CC(C)(C)N1. The maximum Gasteiger partial charge on any atom is 0.324 e. The lowest BCUT2D eigenvalue weighted by Crippen LogP contribution is -2.60. The Morgan fingerprint density at radius 2 is 0.619 bits per heavy atom. The maximum absolute atomic E-state index is 13.8. The second-order valence-electron chi connectivity index (χ2n) is 24.7. The fraction of sp³-hybridized carbons (Fsp3) is 0.917. The number of ether oxygens (including phenoxy) is 4. The molecular formula is C48H89N7O8. The molecule has 4 heterocycles. The first-order valence-electron chi connectivity index (χ1n) is 23.8.